The molecule has 14 heavy (non-hydrogen) atoms. The Labute approximate surface area is 82.8 Å². The van der Waals surface area contributed by atoms with E-state index in [1.54, 1.807) is 0 Å². The molecule has 0 spiro atoms. The van der Waals surface area contributed by atoms with Crippen LogP contribution in [0.2, 0.25) is 0 Å². The van der Waals surface area contributed by atoms with Crippen LogP contribution in [0.15, 0.2) is 24.3 Å². The monoisotopic (exact) mass is 200 g/mol. The smallest absolute Gasteiger partial charge is 0.103 e. The first-order chi connectivity index (χ1) is 6.54. The van der Waals surface area contributed by atoms with E-state index in [4.69, 9.17) is 10.2 Å². The van der Waals surface area contributed by atoms with Crippen LogP contribution in [0.3, 0.4) is 0 Å². The Morgan fingerprint density at radius 3 is 1.21 bits per heavy atom. The van der Waals surface area contributed by atoms with Crippen molar-refractivity contribution in [1.82, 2.24) is 0 Å². The van der Waals surface area contributed by atoms with Gasteiger partial charge in [0.15, 0.2) is 0 Å². The Morgan fingerprint density at radius 2 is 1.00 bits per heavy atom. The van der Waals surface area contributed by atoms with Crippen molar-refractivity contribution in [3.63, 3.8) is 0 Å². The molecule has 80 valence electrons. The molecule has 4 heteroatoms. The molecule has 0 aliphatic heterocycles. The fraction of sp³-hybridized carbons (Fsp3) is 0.600. The third-order valence-electron chi connectivity index (χ3n) is 2.35. The van der Waals surface area contributed by atoms with Crippen LogP contribution in [-0.2, 0) is 0 Å². The molecule has 0 atom stereocenters. The first kappa shape index (κ1) is 11.4. The molecule has 0 saturated heterocycles. The molecule has 0 aromatic rings. The Hall–Kier alpha value is -0.680. The minimum absolute atomic E-state index is 0.121. The Balaban J connectivity index is 2.68. The van der Waals surface area contributed by atoms with Crippen molar-refractivity contribution in [2.24, 2.45) is 0 Å². The van der Waals surface area contributed by atoms with Crippen LogP contribution in [-0.4, -0.2) is 44.8 Å². The summed E-state index contributed by atoms with van der Waals surface area (Å²) in [7, 11) is 0. The van der Waals surface area contributed by atoms with Gasteiger partial charge in [-0.15, -0.1) is 0 Å². The maximum Gasteiger partial charge on any atom is 0.103 e. The summed E-state index contributed by atoms with van der Waals surface area (Å²) in [5.74, 6) is 0. The second-order valence-electron chi connectivity index (χ2n) is 3.60. The largest absolute Gasteiger partial charge is 0.396 e. The van der Waals surface area contributed by atoms with Crippen LogP contribution in [0, 0.1) is 0 Å². The van der Waals surface area contributed by atoms with Gasteiger partial charge in [-0.3, -0.25) is 0 Å². The average molecular weight is 200 g/mol. The molecule has 0 aromatic heterocycles. The second kappa shape index (κ2) is 4.23. The third-order valence-corrected chi connectivity index (χ3v) is 2.35. The Kier molecular flexibility index (Phi) is 3.44. The predicted octanol–water partition coefficient (Wildman–Crippen LogP) is -0.661. The minimum Gasteiger partial charge on any atom is -0.396 e. The molecule has 0 unspecified atom stereocenters. The molecule has 1 aliphatic rings. The van der Waals surface area contributed by atoms with Crippen LogP contribution in [0.4, 0.5) is 0 Å². The molecular formula is C10H16O4. The first-order valence-electron chi connectivity index (χ1n) is 4.61. The van der Waals surface area contributed by atoms with Crippen molar-refractivity contribution in [3.8, 4) is 0 Å². The molecule has 0 amide bonds. The molecule has 0 radical (unpaired) electrons. The zero-order chi connectivity index (χ0) is 10.7. The fourth-order valence-corrected chi connectivity index (χ4v) is 1.38. The van der Waals surface area contributed by atoms with Gasteiger partial charge in [-0.05, 0) is 0 Å². The lowest BCUT2D eigenvalue weighted by atomic mass is 9.86. The van der Waals surface area contributed by atoms with Gasteiger partial charge in [0.05, 0.1) is 0 Å². The van der Waals surface area contributed by atoms with Gasteiger partial charge in [-0.1, -0.05) is 24.3 Å². The van der Waals surface area contributed by atoms with Gasteiger partial charge >= 0.3 is 0 Å². The highest BCUT2D eigenvalue weighted by Crippen LogP contribution is 2.26. The molecule has 0 fully saturated rings. The lowest BCUT2D eigenvalue weighted by molar-refractivity contribution is 0.0742. The predicted molar refractivity (Wildman–Crippen MR) is 51.6 cm³/mol. The highest BCUT2D eigenvalue weighted by Gasteiger charge is 2.29. The van der Waals surface area contributed by atoms with Crippen LogP contribution in [0.5, 0.6) is 0 Å². The van der Waals surface area contributed by atoms with Crippen molar-refractivity contribution in [2.75, 3.05) is 13.2 Å². The molecule has 0 bridgehead atoms. The van der Waals surface area contributed by atoms with Crippen molar-refractivity contribution in [2.45, 2.75) is 24.0 Å². The lowest BCUT2D eigenvalue weighted by Gasteiger charge is -2.29. The first-order valence-corrected chi connectivity index (χ1v) is 4.61. The highest BCUT2D eigenvalue weighted by atomic mass is 16.3. The summed E-state index contributed by atoms with van der Waals surface area (Å²) in [5.41, 5.74) is -2.34. The van der Waals surface area contributed by atoms with Gasteiger partial charge in [-0.25, -0.2) is 0 Å². The number of hydrogen-bond donors (Lipinski definition) is 4. The minimum atomic E-state index is -1.17. The number of rotatable bonds is 4. The van der Waals surface area contributed by atoms with Gasteiger partial charge < -0.3 is 20.4 Å². The molecule has 4 nitrogen and oxygen atoms in total. The summed E-state index contributed by atoms with van der Waals surface area (Å²) in [4.78, 5) is 0. The molecule has 0 aromatic carbocycles. The normalized spacial score (nSPS) is 36.3. The van der Waals surface area contributed by atoms with Gasteiger partial charge in [0, 0.05) is 26.1 Å². The number of aliphatic hydroxyl groups is 4. The maximum atomic E-state index is 9.76. The van der Waals surface area contributed by atoms with Crippen molar-refractivity contribution < 1.29 is 20.4 Å². The molecule has 1 rings (SSSR count). The Bertz CT molecular complexity index is 207. The standard InChI is InChI=1S/C10H16O4/c11-7-5-9(13)1-2-10(14,4-3-9)6-8-12/h1-4,11-14H,5-8H2. The van der Waals surface area contributed by atoms with E-state index in [1.807, 2.05) is 0 Å². The van der Waals surface area contributed by atoms with Crippen LogP contribution < -0.4 is 0 Å². The van der Waals surface area contributed by atoms with Crippen molar-refractivity contribution >= 4 is 0 Å². The number of hydrogen-bond acceptors (Lipinski definition) is 4. The Morgan fingerprint density at radius 1 is 0.714 bits per heavy atom. The van der Waals surface area contributed by atoms with Gasteiger partial charge in [0.25, 0.3) is 0 Å². The van der Waals surface area contributed by atoms with Crippen molar-refractivity contribution in [3.05, 3.63) is 24.3 Å². The zero-order valence-electron chi connectivity index (χ0n) is 7.93. The molecule has 0 saturated carbocycles. The molecule has 4 N–H and O–H groups in total. The number of aliphatic hydroxyl groups excluding tert-OH is 2. The highest BCUT2D eigenvalue weighted by molar-refractivity contribution is 5.28. The molecular weight excluding hydrogens is 184 g/mol. The molecule has 1 aliphatic carbocycles. The van der Waals surface area contributed by atoms with Gasteiger partial charge in [0.2, 0.25) is 0 Å². The van der Waals surface area contributed by atoms with E-state index in [0.29, 0.717) is 0 Å². The summed E-state index contributed by atoms with van der Waals surface area (Å²) >= 11 is 0. The summed E-state index contributed by atoms with van der Waals surface area (Å²) in [6, 6.07) is 0. The summed E-state index contributed by atoms with van der Waals surface area (Å²) in [6.45, 7) is -0.243. The van der Waals surface area contributed by atoms with E-state index in [-0.39, 0.29) is 26.1 Å². The quantitative estimate of drug-likeness (QED) is 0.454. The van der Waals surface area contributed by atoms with Crippen LogP contribution >= 0.6 is 0 Å². The lowest BCUT2D eigenvalue weighted by Crippen LogP contribution is -2.34. The zero-order valence-corrected chi connectivity index (χ0v) is 7.93. The molecule has 0 heterocycles. The van der Waals surface area contributed by atoms with E-state index in [1.165, 1.54) is 24.3 Å². The van der Waals surface area contributed by atoms with Crippen molar-refractivity contribution in [1.29, 1.82) is 0 Å². The van der Waals surface area contributed by atoms with Crippen LogP contribution in [0.1, 0.15) is 12.8 Å². The average Bonchev–Trinajstić information content (AvgIpc) is 2.13. The van der Waals surface area contributed by atoms with Gasteiger partial charge in [0.1, 0.15) is 11.2 Å². The van der Waals surface area contributed by atoms with E-state index in [0.717, 1.165) is 0 Å². The van der Waals surface area contributed by atoms with Gasteiger partial charge in [-0.2, -0.15) is 0 Å². The van der Waals surface area contributed by atoms with E-state index >= 15 is 0 Å². The topological polar surface area (TPSA) is 80.9 Å². The van der Waals surface area contributed by atoms with Crippen LogP contribution in [0.25, 0.3) is 0 Å². The fourth-order valence-electron chi connectivity index (χ4n) is 1.38. The third kappa shape index (κ3) is 2.65. The van der Waals surface area contributed by atoms with E-state index in [2.05, 4.69) is 0 Å². The second-order valence-corrected chi connectivity index (χ2v) is 3.60. The van der Waals surface area contributed by atoms with E-state index < -0.39 is 11.2 Å². The summed E-state index contributed by atoms with van der Waals surface area (Å²) in [5, 5.41) is 36.9. The summed E-state index contributed by atoms with van der Waals surface area (Å²) < 4.78 is 0. The SMILES string of the molecule is OCCC1(O)C=CC(O)(CCO)C=C1. The summed E-state index contributed by atoms with van der Waals surface area (Å²) in [6.07, 6.45) is 6.18. The van der Waals surface area contributed by atoms with E-state index in [9.17, 15) is 10.2 Å². The maximum absolute atomic E-state index is 9.76.